The normalized spacial score (nSPS) is 49.9. The Labute approximate surface area is 307 Å². The summed E-state index contributed by atoms with van der Waals surface area (Å²) >= 11 is 0. The highest BCUT2D eigenvalue weighted by Gasteiger charge is 2.84. The number of aliphatic hydroxyl groups excluding tert-OH is 1. The predicted molar refractivity (Wildman–Crippen MR) is 195 cm³/mol. The Balaban J connectivity index is 0.983. The average Bonchev–Trinajstić information content (AvgIpc) is 3.68. The van der Waals surface area contributed by atoms with E-state index < -0.39 is 17.8 Å². The number of likely N-dealkylation sites (tertiary alicyclic amines) is 1. The van der Waals surface area contributed by atoms with Gasteiger partial charge in [-0.05, 0) is 130 Å². The summed E-state index contributed by atoms with van der Waals surface area (Å²) in [5, 5.41) is 23.7. The van der Waals surface area contributed by atoms with Gasteiger partial charge in [0.25, 0.3) is 0 Å². The molecule has 1 amide bonds. The van der Waals surface area contributed by atoms with E-state index in [4.69, 9.17) is 18.9 Å². The van der Waals surface area contributed by atoms with Gasteiger partial charge in [-0.1, -0.05) is 34.6 Å². The lowest BCUT2D eigenvalue weighted by molar-refractivity contribution is -0.248. The predicted octanol–water partition coefficient (Wildman–Crippen LogP) is 5.50. The molecule has 0 aromatic carbocycles. The van der Waals surface area contributed by atoms with E-state index in [2.05, 4.69) is 46.6 Å². The molecule has 5 aliphatic carbocycles. The van der Waals surface area contributed by atoms with Crippen molar-refractivity contribution in [2.24, 2.45) is 56.7 Å². The van der Waals surface area contributed by atoms with Crippen molar-refractivity contribution >= 4 is 5.91 Å². The molecule has 14 atom stereocenters. The number of ether oxygens (including phenoxy) is 4. The van der Waals surface area contributed by atoms with Crippen molar-refractivity contribution in [3.05, 3.63) is 0 Å². The second-order valence-electron chi connectivity index (χ2n) is 20.6. The number of morpholine rings is 1. The van der Waals surface area contributed by atoms with E-state index in [-0.39, 0.29) is 52.2 Å². The summed E-state index contributed by atoms with van der Waals surface area (Å²) in [6, 6.07) is 0. The Morgan fingerprint density at radius 2 is 1.73 bits per heavy atom. The molecular weight excluding hydrogens is 644 g/mol. The van der Waals surface area contributed by atoms with Gasteiger partial charge >= 0.3 is 0 Å². The largest absolute Gasteiger partial charge is 0.390 e. The first-order chi connectivity index (χ1) is 23.9. The molecule has 3 heterocycles. The number of hydrogen-bond acceptors (Lipinski definition) is 8. The zero-order valence-corrected chi connectivity index (χ0v) is 33.3. The maximum Gasteiger partial charge on any atom is 0.223 e. The molecular formula is C42H70N2O7. The number of rotatable bonds is 8. The number of aliphatic hydroxyl groups is 2. The van der Waals surface area contributed by atoms with Crippen LogP contribution in [0.1, 0.15) is 113 Å². The second kappa shape index (κ2) is 12.3. The number of fused-ring (bicyclic) bond motifs is 4. The van der Waals surface area contributed by atoms with Crippen molar-refractivity contribution in [3.63, 3.8) is 0 Å². The molecule has 0 bridgehead atoms. The van der Waals surface area contributed by atoms with Crippen LogP contribution in [0.3, 0.4) is 0 Å². The summed E-state index contributed by atoms with van der Waals surface area (Å²) in [4.78, 5) is 17.4. The highest BCUT2D eigenvalue weighted by Crippen LogP contribution is 2.89. The molecule has 8 aliphatic rings. The molecule has 9 nitrogen and oxygen atoms in total. The van der Waals surface area contributed by atoms with Crippen molar-refractivity contribution in [3.8, 4) is 0 Å². The summed E-state index contributed by atoms with van der Waals surface area (Å²) in [5.74, 6) is 2.44. The number of nitrogens with zero attached hydrogens (tertiary/aromatic N) is 2. The van der Waals surface area contributed by atoms with Crippen molar-refractivity contribution in [1.29, 1.82) is 0 Å². The van der Waals surface area contributed by atoms with Crippen LogP contribution in [0.25, 0.3) is 0 Å². The molecule has 0 aromatic heterocycles. The van der Waals surface area contributed by atoms with Gasteiger partial charge < -0.3 is 39.0 Å². The lowest BCUT2D eigenvalue weighted by Gasteiger charge is -2.64. The maximum atomic E-state index is 13.2. The standard InChI is InChI=1S/C42H70N2O7/c1-10-48-36(38(5,6)47)27-19-25(2)33-34(50-27)35(46)40(8)29-12-11-28-37(3,4)30(13-14-41(28)24-42(29,41)16-15-39(33,40)7)51-32-23-44(17-18-49-32)31(45)20-26-21-43(9)22-26/h25-30,32-36,46-47H,10-24H2,1-9H3/t25-,27?,28+,29?,30+,32+,33+,34?,35+,36+,39-,40-,41?,42+/m1/s1. The third kappa shape index (κ3) is 5.27. The van der Waals surface area contributed by atoms with Crippen LogP contribution in [-0.4, -0.2) is 115 Å². The number of carbonyl (C=O) groups excluding carboxylic acids is 1. The molecule has 290 valence electrons. The molecule has 51 heavy (non-hydrogen) atoms. The van der Waals surface area contributed by atoms with Gasteiger partial charge in [-0.25, -0.2) is 0 Å². The van der Waals surface area contributed by atoms with Crippen molar-refractivity contribution < 1.29 is 34.0 Å². The van der Waals surface area contributed by atoms with E-state index in [9.17, 15) is 15.0 Å². The van der Waals surface area contributed by atoms with E-state index in [1.54, 1.807) is 0 Å². The molecule has 2 spiro atoms. The zero-order chi connectivity index (χ0) is 36.5. The topological polar surface area (TPSA) is 101 Å². The fraction of sp³-hybridized carbons (Fsp3) is 0.976. The number of hydrogen-bond donors (Lipinski definition) is 2. The van der Waals surface area contributed by atoms with E-state index in [1.807, 2.05) is 25.7 Å². The quantitative estimate of drug-likeness (QED) is 0.341. The molecule has 0 aromatic rings. The summed E-state index contributed by atoms with van der Waals surface area (Å²) in [6.45, 7) is 22.1. The van der Waals surface area contributed by atoms with Crippen LogP contribution >= 0.6 is 0 Å². The monoisotopic (exact) mass is 715 g/mol. The van der Waals surface area contributed by atoms with Crippen LogP contribution in [0.2, 0.25) is 0 Å². The van der Waals surface area contributed by atoms with Gasteiger partial charge in [-0.3, -0.25) is 4.79 Å². The highest BCUT2D eigenvalue weighted by atomic mass is 16.7. The van der Waals surface area contributed by atoms with Crippen LogP contribution in [0.15, 0.2) is 0 Å². The van der Waals surface area contributed by atoms with E-state index >= 15 is 0 Å². The Kier molecular flexibility index (Phi) is 8.99. The molecule has 4 unspecified atom stereocenters. The van der Waals surface area contributed by atoms with Crippen molar-refractivity contribution in [1.82, 2.24) is 9.80 Å². The van der Waals surface area contributed by atoms with Crippen LogP contribution in [0.4, 0.5) is 0 Å². The SMILES string of the molecule is CCO[C@@H](C1C[C@@H](C)[C@H]2C(O1)[C@H](O)[C@@]1(C)C3CC[C@H]4C(C)(C)[C@@H](O[C@H]5CN(C(=O)CC6CN(C)C6)CCO5)CCC45C[C@@]35CC[C@]21C)C(C)(C)O. The minimum absolute atomic E-state index is 0.000942. The van der Waals surface area contributed by atoms with Gasteiger partial charge in [0.15, 0.2) is 6.29 Å². The smallest absolute Gasteiger partial charge is 0.223 e. The minimum Gasteiger partial charge on any atom is -0.390 e. The molecule has 0 radical (unpaired) electrons. The fourth-order valence-corrected chi connectivity index (χ4v) is 15.1. The first kappa shape index (κ1) is 37.1. The average molecular weight is 715 g/mol. The Morgan fingerprint density at radius 1 is 1.02 bits per heavy atom. The van der Waals surface area contributed by atoms with Gasteiger partial charge in [0.2, 0.25) is 5.91 Å². The van der Waals surface area contributed by atoms with Gasteiger partial charge in [-0.2, -0.15) is 0 Å². The molecule has 5 saturated carbocycles. The Hall–Kier alpha value is -0.810. The fourth-order valence-electron chi connectivity index (χ4n) is 15.1. The first-order valence-electron chi connectivity index (χ1n) is 20.8. The van der Waals surface area contributed by atoms with E-state index in [0.717, 1.165) is 38.8 Å². The van der Waals surface area contributed by atoms with Crippen molar-refractivity contribution in [2.75, 3.05) is 46.4 Å². The summed E-state index contributed by atoms with van der Waals surface area (Å²) in [5.41, 5.74) is -0.688. The zero-order valence-electron chi connectivity index (χ0n) is 33.3. The van der Waals surface area contributed by atoms with Crippen LogP contribution < -0.4 is 0 Å². The van der Waals surface area contributed by atoms with Crippen LogP contribution in [-0.2, 0) is 23.7 Å². The van der Waals surface area contributed by atoms with E-state index in [0.29, 0.717) is 67.7 Å². The van der Waals surface area contributed by atoms with Gasteiger partial charge in [0, 0.05) is 38.1 Å². The molecule has 8 fully saturated rings. The minimum atomic E-state index is -1.03. The lowest BCUT2D eigenvalue weighted by Crippen LogP contribution is -2.60. The first-order valence-corrected chi connectivity index (χ1v) is 20.8. The number of amides is 1. The van der Waals surface area contributed by atoms with Crippen LogP contribution in [0, 0.1) is 56.7 Å². The molecule has 9 heteroatoms. The Bertz CT molecular complexity index is 1350. The third-order valence-electron chi connectivity index (χ3n) is 17.5. The maximum absolute atomic E-state index is 13.2. The molecule has 3 aliphatic heterocycles. The second-order valence-corrected chi connectivity index (χ2v) is 20.6. The van der Waals surface area contributed by atoms with Gasteiger partial charge in [0.05, 0.1) is 43.2 Å². The third-order valence-corrected chi connectivity index (χ3v) is 17.5. The van der Waals surface area contributed by atoms with Crippen LogP contribution in [0.5, 0.6) is 0 Å². The molecule has 2 N–H and O–H groups in total. The van der Waals surface area contributed by atoms with Crippen molar-refractivity contribution in [2.45, 2.75) is 156 Å². The summed E-state index contributed by atoms with van der Waals surface area (Å²) in [7, 11) is 2.12. The van der Waals surface area contributed by atoms with Gasteiger partial charge in [-0.15, -0.1) is 0 Å². The Morgan fingerprint density at radius 3 is 2.41 bits per heavy atom. The van der Waals surface area contributed by atoms with E-state index in [1.165, 1.54) is 25.7 Å². The summed E-state index contributed by atoms with van der Waals surface area (Å²) in [6.07, 6.45) is 7.99. The number of carbonyl (C=O) groups is 1. The van der Waals surface area contributed by atoms with Gasteiger partial charge in [0.1, 0.15) is 6.10 Å². The summed E-state index contributed by atoms with van der Waals surface area (Å²) < 4.78 is 26.2. The molecule has 3 saturated heterocycles. The molecule has 8 rings (SSSR count). The highest BCUT2D eigenvalue weighted by molar-refractivity contribution is 5.76. The lowest BCUT2D eigenvalue weighted by atomic mass is 9.41.